The van der Waals surface area contributed by atoms with Crippen LogP contribution in [0.2, 0.25) is 15.1 Å². The number of halogens is 3. The van der Waals surface area contributed by atoms with Crippen LogP contribution in [-0.2, 0) is 9.47 Å². The number of benzene rings is 1. The molecule has 1 aromatic carbocycles. The van der Waals surface area contributed by atoms with Gasteiger partial charge in [0.25, 0.3) is 0 Å². The fourth-order valence-corrected chi connectivity index (χ4v) is 2.51. The Bertz CT molecular complexity index is 744. The van der Waals surface area contributed by atoms with E-state index in [0.717, 1.165) is 0 Å². The standard InChI is InChI=1S/C15H14Cl3N3O3/c1-22-4-5-23-3-2-20-15-12(8-19)21-14(24-15)10-6-9(16)7-11(17)13(10)18/h6-7,20H,2-5H2,1H3. The van der Waals surface area contributed by atoms with Gasteiger partial charge in [-0.05, 0) is 12.1 Å². The maximum Gasteiger partial charge on any atom is 0.232 e. The van der Waals surface area contributed by atoms with Crippen molar-refractivity contribution in [1.82, 2.24) is 4.98 Å². The van der Waals surface area contributed by atoms with Crippen molar-refractivity contribution in [3.8, 4) is 17.5 Å². The van der Waals surface area contributed by atoms with Gasteiger partial charge in [-0.15, -0.1) is 0 Å². The van der Waals surface area contributed by atoms with Crippen LogP contribution in [0.15, 0.2) is 16.5 Å². The van der Waals surface area contributed by atoms with E-state index in [1.54, 1.807) is 13.2 Å². The third kappa shape index (κ3) is 4.76. The average molecular weight is 391 g/mol. The zero-order valence-electron chi connectivity index (χ0n) is 12.7. The first-order valence-corrected chi connectivity index (χ1v) is 8.06. The van der Waals surface area contributed by atoms with Gasteiger partial charge in [-0.1, -0.05) is 34.8 Å². The van der Waals surface area contributed by atoms with Crippen LogP contribution < -0.4 is 5.32 Å². The van der Waals surface area contributed by atoms with Crippen molar-refractivity contribution in [1.29, 1.82) is 5.26 Å². The molecule has 2 rings (SSSR count). The maximum atomic E-state index is 9.18. The number of nitrogens with one attached hydrogen (secondary N) is 1. The van der Waals surface area contributed by atoms with Crippen molar-refractivity contribution in [3.63, 3.8) is 0 Å². The Morgan fingerprint density at radius 2 is 2.04 bits per heavy atom. The van der Waals surface area contributed by atoms with Crippen molar-refractivity contribution in [2.45, 2.75) is 0 Å². The van der Waals surface area contributed by atoms with Crippen molar-refractivity contribution in [3.05, 3.63) is 32.9 Å². The molecule has 2 aromatic rings. The van der Waals surface area contributed by atoms with Gasteiger partial charge in [0.2, 0.25) is 17.5 Å². The van der Waals surface area contributed by atoms with Gasteiger partial charge in [0.15, 0.2) is 0 Å². The smallest absolute Gasteiger partial charge is 0.232 e. The molecule has 6 nitrogen and oxygen atoms in total. The molecule has 0 unspecified atom stereocenters. The normalized spacial score (nSPS) is 10.6. The van der Waals surface area contributed by atoms with E-state index in [4.69, 9.17) is 48.7 Å². The van der Waals surface area contributed by atoms with Gasteiger partial charge >= 0.3 is 0 Å². The van der Waals surface area contributed by atoms with E-state index in [9.17, 15) is 5.26 Å². The summed E-state index contributed by atoms with van der Waals surface area (Å²) in [7, 11) is 1.60. The molecule has 0 spiro atoms. The van der Waals surface area contributed by atoms with Crippen molar-refractivity contribution < 1.29 is 13.9 Å². The second kappa shape index (κ2) is 9.11. The van der Waals surface area contributed by atoms with Crippen LogP contribution in [0.25, 0.3) is 11.5 Å². The number of methoxy groups -OCH3 is 1. The second-order valence-electron chi connectivity index (χ2n) is 4.59. The number of aromatic nitrogens is 1. The highest BCUT2D eigenvalue weighted by molar-refractivity contribution is 6.44. The van der Waals surface area contributed by atoms with Gasteiger partial charge in [0, 0.05) is 18.7 Å². The van der Waals surface area contributed by atoms with E-state index < -0.39 is 0 Å². The third-order valence-corrected chi connectivity index (χ3v) is 3.94. The van der Waals surface area contributed by atoms with Gasteiger partial charge in [-0.25, -0.2) is 0 Å². The lowest BCUT2D eigenvalue weighted by molar-refractivity contribution is 0.0758. The van der Waals surface area contributed by atoms with E-state index in [-0.39, 0.29) is 27.5 Å². The van der Waals surface area contributed by atoms with Crippen molar-refractivity contribution >= 4 is 40.7 Å². The Balaban J connectivity index is 2.12. The molecule has 128 valence electrons. The maximum absolute atomic E-state index is 9.18. The fourth-order valence-electron chi connectivity index (χ4n) is 1.82. The molecule has 1 heterocycles. The number of nitrogens with zero attached hydrogens (tertiary/aromatic N) is 2. The Hall–Kier alpha value is -1.49. The molecule has 0 atom stereocenters. The van der Waals surface area contributed by atoms with Crippen LogP contribution >= 0.6 is 34.8 Å². The average Bonchev–Trinajstić information content (AvgIpc) is 2.97. The molecule has 0 aliphatic rings. The van der Waals surface area contributed by atoms with E-state index >= 15 is 0 Å². The van der Waals surface area contributed by atoms with Crippen LogP contribution in [0.1, 0.15) is 5.69 Å². The number of hydrogen-bond donors (Lipinski definition) is 1. The summed E-state index contributed by atoms with van der Waals surface area (Å²) in [6.07, 6.45) is 0. The molecule has 24 heavy (non-hydrogen) atoms. The number of hydrogen-bond acceptors (Lipinski definition) is 6. The number of ether oxygens (including phenoxy) is 2. The van der Waals surface area contributed by atoms with Crippen LogP contribution in [0.4, 0.5) is 5.88 Å². The van der Waals surface area contributed by atoms with Gasteiger partial charge in [0.05, 0.1) is 35.4 Å². The van der Waals surface area contributed by atoms with Gasteiger partial charge in [-0.2, -0.15) is 10.2 Å². The second-order valence-corrected chi connectivity index (χ2v) is 5.81. The van der Waals surface area contributed by atoms with E-state index in [1.165, 1.54) is 6.07 Å². The van der Waals surface area contributed by atoms with Crippen molar-refractivity contribution in [2.75, 3.05) is 38.8 Å². The van der Waals surface area contributed by atoms with Crippen LogP contribution in [0.3, 0.4) is 0 Å². The summed E-state index contributed by atoms with van der Waals surface area (Å²) in [5.41, 5.74) is 0.518. The highest BCUT2D eigenvalue weighted by atomic mass is 35.5. The predicted molar refractivity (Wildman–Crippen MR) is 92.9 cm³/mol. The minimum Gasteiger partial charge on any atom is -0.419 e. The summed E-state index contributed by atoms with van der Waals surface area (Å²) in [5.74, 6) is 0.388. The zero-order valence-corrected chi connectivity index (χ0v) is 15.0. The summed E-state index contributed by atoms with van der Waals surface area (Å²) in [6.45, 7) is 1.87. The molecule has 0 aliphatic carbocycles. The van der Waals surface area contributed by atoms with E-state index in [0.29, 0.717) is 37.0 Å². The van der Waals surface area contributed by atoms with Crippen molar-refractivity contribution in [2.24, 2.45) is 0 Å². The molecule has 1 aromatic heterocycles. The summed E-state index contributed by atoms with van der Waals surface area (Å²) in [4.78, 5) is 4.12. The summed E-state index contributed by atoms with van der Waals surface area (Å²) >= 11 is 18.1. The Kier molecular flexibility index (Phi) is 7.16. The molecule has 0 radical (unpaired) electrons. The first-order valence-electron chi connectivity index (χ1n) is 6.93. The molecule has 0 saturated carbocycles. The minimum atomic E-state index is 0.106. The molecule has 0 amide bonds. The predicted octanol–water partition coefficient (Wildman–Crippen LogP) is 4.25. The Morgan fingerprint density at radius 3 is 2.75 bits per heavy atom. The first-order chi connectivity index (χ1) is 11.6. The third-order valence-electron chi connectivity index (χ3n) is 2.92. The summed E-state index contributed by atoms with van der Waals surface area (Å²) < 4.78 is 15.8. The Labute approximate surface area is 154 Å². The molecular weight excluding hydrogens is 377 g/mol. The highest BCUT2D eigenvalue weighted by Gasteiger charge is 2.18. The number of nitriles is 1. The van der Waals surface area contributed by atoms with Crippen LogP contribution in [-0.4, -0.2) is 38.5 Å². The van der Waals surface area contributed by atoms with E-state index in [2.05, 4.69) is 10.3 Å². The SMILES string of the molecule is COCCOCCNc1oc(-c2cc(Cl)cc(Cl)c2Cl)nc1C#N. The lowest BCUT2D eigenvalue weighted by Crippen LogP contribution is -2.12. The minimum absolute atomic E-state index is 0.106. The molecule has 0 saturated heterocycles. The lowest BCUT2D eigenvalue weighted by atomic mass is 10.2. The fraction of sp³-hybridized carbons (Fsp3) is 0.333. The molecule has 9 heteroatoms. The van der Waals surface area contributed by atoms with Gasteiger partial charge in [-0.3, -0.25) is 0 Å². The van der Waals surface area contributed by atoms with Gasteiger partial charge < -0.3 is 19.2 Å². The zero-order chi connectivity index (χ0) is 17.5. The quantitative estimate of drug-likeness (QED) is 0.536. The monoisotopic (exact) mass is 389 g/mol. The molecule has 0 aliphatic heterocycles. The lowest BCUT2D eigenvalue weighted by Gasteiger charge is -2.05. The van der Waals surface area contributed by atoms with E-state index in [1.807, 2.05) is 6.07 Å². The van der Waals surface area contributed by atoms with Gasteiger partial charge in [0.1, 0.15) is 6.07 Å². The molecular formula is C15H14Cl3N3O3. The van der Waals surface area contributed by atoms with Crippen LogP contribution in [0.5, 0.6) is 0 Å². The number of oxazole rings is 1. The first kappa shape index (κ1) is 18.8. The molecule has 0 fully saturated rings. The Morgan fingerprint density at radius 1 is 1.25 bits per heavy atom. The molecule has 1 N–H and O–H groups in total. The highest BCUT2D eigenvalue weighted by Crippen LogP contribution is 2.37. The van der Waals surface area contributed by atoms with Crippen LogP contribution in [0, 0.1) is 11.3 Å². The largest absolute Gasteiger partial charge is 0.419 e. The number of anilines is 1. The molecule has 0 bridgehead atoms. The summed E-state index contributed by atoms with van der Waals surface area (Å²) in [5, 5.41) is 13.1. The topological polar surface area (TPSA) is 80.3 Å². The number of rotatable bonds is 8. The summed E-state index contributed by atoms with van der Waals surface area (Å²) in [6, 6.07) is 5.04.